The van der Waals surface area contributed by atoms with Gasteiger partial charge in [-0.3, -0.25) is 9.48 Å². The van der Waals surface area contributed by atoms with Crippen LogP contribution in [-0.4, -0.2) is 58.0 Å². The number of likely N-dealkylation sites (tertiary alicyclic amines) is 1. The number of amides is 1. The SMILES string of the molecule is O=C1Nc2cc(Br)ccc2[C@@H]1CNc1cnn(C[C@@H](O)CN2CCCC2)c1. The standard InChI is InChI=1S/C19H24BrN5O2/c20-13-3-4-16-17(19(27)23-18(16)7-13)9-21-14-8-22-25(10-14)12-15(26)11-24-5-1-2-6-24/h3-4,7-8,10,15,17,21,26H,1-2,5-6,9,11-12H2,(H,23,27)/t15-,17-/m0/s1. The van der Waals surface area contributed by atoms with Crippen molar-refractivity contribution in [1.29, 1.82) is 0 Å². The van der Waals surface area contributed by atoms with Crippen molar-refractivity contribution in [2.24, 2.45) is 0 Å². The van der Waals surface area contributed by atoms with E-state index < -0.39 is 6.10 Å². The molecule has 1 saturated heterocycles. The van der Waals surface area contributed by atoms with Crippen molar-refractivity contribution in [1.82, 2.24) is 14.7 Å². The lowest BCUT2D eigenvalue weighted by Gasteiger charge is -2.19. The summed E-state index contributed by atoms with van der Waals surface area (Å²) in [5.41, 5.74) is 2.72. The molecule has 0 bridgehead atoms. The van der Waals surface area contributed by atoms with E-state index in [2.05, 4.69) is 36.6 Å². The highest BCUT2D eigenvalue weighted by Crippen LogP contribution is 2.34. The van der Waals surface area contributed by atoms with E-state index in [9.17, 15) is 9.90 Å². The molecule has 2 atom stereocenters. The molecule has 0 aliphatic carbocycles. The summed E-state index contributed by atoms with van der Waals surface area (Å²) < 4.78 is 2.70. The lowest BCUT2D eigenvalue weighted by Crippen LogP contribution is -2.32. The van der Waals surface area contributed by atoms with Crippen molar-refractivity contribution in [3.63, 3.8) is 0 Å². The Morgan fingerprint density at radius 1 is 1.33 bits per heavy atom. The van der Waals surface area contributed by atoms with Gasteiger partial charge in [-0.05, 0) is 43.6 Å². The fraction of sp³-hybridized carbons (Fsp3) is 0.474. The summed E-state index contributed by atoms with van der Waals surface area (Å²) in [5, 5.41) is 20.8. The second-order valence-electron chi connectivity index (χ2n) is 7.27. The van der Waals surface area contributed by atoms with Gasteiger partial charge in [0.15, 0.2) is 0 Å². The van der Waals surface area contributed by atoms with Gasteiger partial charge in [0.05, 0.1) is 30.5 Å². The molecule has 3 heterocycles. The molecule has 2 aromatic rings. The topological polar surface area (TPSA) is 82.4 Å². The molecule has 0 saturated carbocycles. The van der Waals surface area contributed by atoms with Crippen LogP contribution in [0.5, 0.6) is 0 Å². The number of aliphatic hydroxyl groups is 1. The van der Waals surface area contributed by atoms with Gasteiger partial charge in [-0.15, -0.1) is 0 Å². The average molecular weight is 434 g/mol. The molecule has 1 amide bonds. The molecule has 0 radical (unpaired) electrons. The van der Waals surface area contributed by atoms with Crippen LogP contribution in [-0.2, 0) is 11.3 Å². The molecule has 2 aliphatic rings. The monoisotopic (exact) mass is 433 g/mol. The zero-order valence-electron chi connectivity index (χ0n) is 15.1. The summed E-state index contributed by atoms with van der Waals surface area (Å²) in [6.45, 7) is 3.81. The second-order valence-corrected chi connectivity index (χ2v) is 8.18. The van der Waals surface area contributed by atoms with Crippen LogP contribution in [0, 0.1) is 0 Å². The number of hydrogen-bond acceptors (Lipinski definition) is 5. The minimum Gasteiger partial charge on any atom is -0.390 e. The molecule has 8 heteroatoms. The van der Waals surface area contributed by atoms with Gasteiger partial charge in [0.2, 0.25) is 5.91 Å². The number of benzene rings is 1. The smallest absolute Gasteiger partial charge is 0.233 e. The molecular weight excluding hydrogens is 410 g/mol. The van der Waals surface area contributed by atoms with Crippen LogP contribution in [0.15, 0.2) is 35.1 Å². The lowest BCUT2D eigenvalue weighted by molar-refractivity contribution is -0.116. The molecule has 144 valence electrons. The third-order valence-corrected chi connectivity index (χ3v) is 5.67. The summed E-state index contributed by atoms with van der Waals surface area (Å²) in [5.74, 6) is -0.221. The maximum absolute atomic E-state index is 12.3. The minimum absolute atomic E-state index is 0.00373. The molecule has 27 heavy (non-hydrogen) atoms. The fourth-order valence-corrected chi connectivity index (χ4v) is 4.18. The van der Waals surface area contributed by atoms with E-state index in [1.54, 1.807) is 10.9 Å². The summed E-state index contributed by atoms with van der Waals surface area (Å²) in [4.78, 5) is 14.5. The van der Waals surface area contributed by atoms with Crippen LogP contribution in [0.4, 0.5) is 11.4 Å². The number of nitrogens with zero attached hydrogens (tertiary/aromatic N) is 3. The van der Waals surface area contributed by atoms with E-state index in [1.165, 1.54) is 12.8 Å². The average Bonchev–Trinajstić information content (AvgIpc) is 3.34. The number of nitrogens with one attached hydrogen (secondary N) is 2. The van der Waals surface area contributed by atoms with Gasteiger partial charge < -0.3 is 20.6 Å². The van der Waals surface area contributed by atoms with E-state index in [0.29, 0.717) is 19.6 Å². The molecule has 0 spiro atoms. The number of halogens is 1. The number of hydrogen-bond donors (Lipinski definition) is 3. The summed E-state index contributed by atoms with van der Waals surface area (Å²) in [6, 6.07) is 5.85. The normalized spacial score (nSPS) is 20.5. The van der Waals surface area contributed by atoms with Gasteiger partial charge in [0, 0.05) is 29.4 Å². The second kappa shape index (κ2) is 8.00. The van der Waals surface area contributed by atoms with Crippen LogP contribution < -0.4 is 10.6 Å². The highest BCUT2D eigenvalue weighted by molar-refractivity contribution is 9.10. The maximum Gasteiger partial charge on any atom is 0.233 e. The minimum atomic E-state index is -0.429. The number of aliphatic hydroxyl groups excluding tert-OH is 1. The van der Waals surface area contributed by atoms with Gasteiger partial charge in [-0.1, -0.05) is 22.0 Å². The molecule has 7 nitrogen and oxygen atoms in total. The van der Waals surface area contributed by atoms with E-state index in [-0.39, 0.29) is 11.8 Å². The van der Waals surface area contributed by atoms with E-state index in [1.807, 2.05) is 24.4 Å². The fourth-order valence-electron chi connectivity index (χ4n) is 3.82. The largest absolute Gasteiger partial charge is 0.390 e. The Kier molecular flexibility index (Phi) is 5.47. The Balaban J connectivity index is 1.31. The number of anilines is 2. The number of β-amino-alcohol motifs (C(OH)–C–C–N with tert-alkyl or cyclic N) is 1. The first-order valence-corrected chi connectivity index (χ1v) is 10.1. The number of rotatable bonds is 7. The Morgan fingerprint density at radius 2 is 2.15 bits per heavy atom. The van der Waals surface area contributed by atoms with E-state index >= 15 is 0 Å². The Hall–Kier alpha value is -1.90. The zero-order chi connectivity index (χ0) is 18.8. The molecule has 0 unspecified atom stereocenters. The van der Waals surface area contributed by atoms with Gasteiger partial charge in [-0.2, -0.15) is 5.10 Å². The highest BCUT2D eigenvalue weighted by atomic mass is 79.9. The van der Waals surface area contributed by atoms with Crippen LogP contribution >= 0.6 is 15.9 Å². The lowest BCUT2D eigenvalue weighted by atomic mass is 10.0. The zero-order valence-corrected chi connectivity index (χ0v) is 16.7. The van der Waals surface area contributed by atoms with Crippen LogP contribution in [0.2, 0.25) is 0 Å². The maximum atomic E-state index is 12.3. The van der Waals surface area contributed by atoms with E-state index in [0.717, 1.165) is 34.5 Å². The van der Waals surface area contributed by atoms with Crippen molar-refractivity contribution >= 4 is 33.2 Å². The Labute approximate surface area is 166 Å². The van der Waals surface area contributed by atoms with Crippen molar-refractivity contribution < 1.29 is 9.90 Å². The summed E-state index contributed by atoms with van der Waals surface area (Å²) in [6.07, 6.45) is 5.62. The number of fused-ring (bicyclic) bond motifs is 1. The molecule has 1 aromatic carbocycles. The Morgan fingerprint density at radius 3 is 2.96 bits per heavy atom. The number of carbonyl (C=O) groups is 1. The van der Waals surface area contributed by atoms with Gasteiger partial charge in [0.1, 0.15) is 0 Å². The van der Waals surface area contributed by atoms with Crippen molar-refractivity contribution in [3.05, 3.63) is 40.6 Å². The first-order valence-electron chi connectivity index (χ1n) is 9.35. The van der Waals surface area contributed by atoms with Crippen molar-refractivity contribution in [2.45, 2.75) is 31.4 Å². The van der Waals surface area contributed by atoms with Gasteiger partial charge in [-0.25, -0.2) is 0 Å². The van der Waals surface area contributed by atoms with Gasteiger partial charge in [0.25, 0.3) is 0 Å². The van der Waals surface area contributed by atoms with Crippen LogP contribution in [0.3, 0.4) is 0 Å². The Bertz CT molecular complexity index is 818. The third-order valence-electron chi connectivity index (χ3n) is 5.17. The molecule has 1 aromatic heterocycles. The number of aromatic nitrogens is 2. The van der Waals surface area contributed by atoms with Crippen molar-refractivity contribution in [3.8, 4) is 0 Å². The first kappa shape index (κ1) is 18.5. The third kappa shape index (κ3) is 4.34. The predicted molar refractivity (Wildman–Crippen MR) is 108 cm³/mol. The molecular formula is C19H24BrN5O2. The molecule has 1 fully saturated rings. The molecule has 2 aliphatic heterocycles. The summed E-state index contributed by atoms with van der Waals surface area (Å²) >= 11 is 3.43. The molecule has 3 N–H and O–H groups in total. The number of carbonyl (C=O) groups excluding carboxylic acids is 1. The van der Waals surface area contributed by atoms with Crippen LogP contribution in [0.1, 0.15) is 24.3 Å². The van der Waals surface area contributed by atoms with E-state index in [4.69, 9.17) is 0 Å². The summed E-state index contributed by atoms with van der Waals surface area (Å²) in [7, 11) is 0. The first-order chi connectivity index (χ1) is 13.1. The van der Waals surface area contributed by atoms with Gasteiger partial charge >= 0.3 is 0 Å². The highest BCUT2D eigenvalue weighted by Gasteiger charge is 2.30. The van der Waals surface area contributed by atoms with Crippen molar-refractivity contribution in [2.75, 3.05) is 36.8 Å². The predicted octanol–water partition coefficient (Wildman–Crippen LogP) is 2.25. The molecule has 4 rings (SSSR count). The van der Waals surface area contributed by atoms with Crippen LogP contribution in [0.25, 0.3) is 0 Å². The quantitative estimate of drug-likeness (QED) is 0.623.